The van der Waals surface area contributed by atoms with E-state index in [1.54, 1.807) is 20.8 Å². The number of ether oxygens (including phenoxy) is 1. The second kappa shape index (κ2) is 5.62. The zero-order valence-electron chi connectivity index (χ0n) is 10.3. The number of nitrogens with one attached hydrogen (secondary N) is 1. The Morgan fingerprint density at radius 1 is 1.29 bits per heavy atom. The van der Waals surface area contributed by atoms with E-state index in [1.165, 1.54) is 0 Å². The predicted molar refractivity (Wildman–Crippen MR) is 59.1 cm³/mol. The van der Waals surface area contributed by atoms with Gasteiger partial charge in [0, 0.05) is 6.92 Å². The predicted octanol–water partition coefficient (Wildman–Crippen LogP) is -0.755. The maximum Gasteiger partial charge on any atom is 0.331 e. The number of esters is 1. The van der Waals surface area contributed by atoms with E-state index in [0.29, 0.717) is 0 Å². The van der Waals surface area contributed by atoms with Crippen molar-refractivity contribution in [2.75, 3.05) is 0 Å². The molecule has 0 bridgehead atoms. The zero-order valence-corrected chi connectivity index (χ0v) is 10.3. The van der Waals surface area contributed by atoms with E-state index in [9.17, 15) is 14.4 Å². The molecular weight excluding hydrogens is 228 g/mol. The maximum atomic E-state index is 11.7. The van der Waals surface area contributed by atoms with Gasteiger partial charge in [0.05, 0.1) is 0 Å². The molecule has 0 aliphatic rings. The summed E-state index contributed by atoms with van der Waals surface area (Å²) in [5, 5.41) is 10.9. The third kappa shape index (κ3) is 5.86. The van der Waals surface area contributed by atoms with Gasteiger partial charge in [-0.25, -0.2) is 4.79 Å². The average molecular weight is 246 g/mol. The Morgan fingerprint density at radius 3 is 2.06 bits per heavy atom. The van der Waals surface area contributed by atoms with Crippen LogP contribution in [0.1, 0.15) is 27.7 Å². The molecule has 4 N–H and O–H groups in total. The summed E-state index contributed by atoms with van der Waals surface area (Å²) in [4.78, 5) is 33.3. The lowest BCUT2D eigenvalue weighted by molar-refractivity contribution is -0.161. The Bertz CT molecular complexity index is 321. The van der Waals surface area contributed by atoms with Crippen LogP contribution in [0.15, 0.2) is 0 Å². The molecule has 0 aliphatic carbocycles. The molecule has 2 unspecified atom stereocenters. The largest absolute Gasteiger partial charge is 0.480 e. The number of hydrogen-bond donors (Lipinski definition) is 3. The van der Waals surface area contributed by atoms with Gasteiger partial charge in [-0.3, -0.25) is 9.59 Å². The number of nitrogens with two attached hydrogens (primary N) is 1. The molecule has 0 spiro atoms. The molecule has 7 nitrogen and oxygen atoms in total. The molecule has 0 radical (unpaired) electrons. The average Bonchev–Trinajstić information content (AvgIpc) is 2.09. The Morgan fingerprint density at radius 2 is 1.76 bits per heavy atom. The molecule has 98 valence electrons. The zero-order chi connectivity index (χ0) is 13.8. The first-order chi connectivity index (χ1) is 7.54. The molecule has 1 amide bonds. The molecule has 0 saturated carbocycles. The lowest BCUT2D eigenvalue weighted by Crippen LogP contribution is -2.56. The van der Waals surface area contributed by atoms with Gasteiger partial charge in [0.15, 0.2) is 6.04 Å². The summed E-state index contributed by atoms with van der Waals surface area (Å²) in [6, 6.07) is -2.95. The lowest BCUT2D eigenvalue weighted by Gasteiger charge is -2.25. The first-order valence-corrected chi connectivity index (χ1v) is 5.03. The van der Waals surface area contributed by atoms with Gasteiger partial charge in [-0.05, 0) is 20.8 Å². The van der Waals surface area contributed by atoms with Crippen molar-refractivity contribution >= 4 is 17.8 Å². The Labute approximate surface area is 99.3 Å². The SMILES string of the molecule is CC(=O)NC(C(=O)OC(C)(C)C)C(N)C(=O)O. The van der Waals surface area contributed by atoms with E-state index in [2.05, 4.69) is 5.32 Å². The monoisotopic (exact) mass is 246 g/mol. The summed E-state index contributed by atoms with van der Waals surface area (Å²) in [7, 11) is 0. The van der Waals surface area contributed by atoms with Crippen LogP contribution in [0.5, 0.6) is 0 Å². The first-order valence-electron chi connectivity index (χ1n) is 5.03. The molecule has 0 aliphatic heterocycles. The summed E-state index contributed by atoms with van der Waals surface area (Å²) in [6.45, 7) is 6.04. The molecule has 0 aromatic rings. The van der Waals surface area contributed by atoms with Crippen molar-refractivity contribution in [3.05, 3.63) is 0 Å². The van der Waals surface area contributed by atoms with Crippen molar-refractivity contribution in [2.45, 2.75) is 45.4 Å². The van der Waals surface area contributed by atoms with E-state index >= 15 is 0 Å². The summed E-state index contributed by atoms with van der Waals surface area (Å²) in [5.41, 5.74) is 4.53. The number of carboxylic acids is 1. The van der Waals surface area contributed by atoms with Crippen LogP contribution < -0.4 is 11.1 Å². The van der Waals surface area contributed by atoms with E-state index in [4.69, 9.17) is 15.6 Å². The van der Waals surface area contributed by atoms with E-state index in [-0.39, 0.29) is 0 Å². The Balaban J connectivity index is 4.86. The smallest absolute Gasteiger partial charge is 0.331 e. The van der Waals surface area contributed by atoms with Gasteiger partial charge in [-0.1, -0.05) is 0 Å². The summed E-state index contributed by atoms with van der Waals surface area (Å²) in [5.74, 6) is -2.82. The van der Waals surface area contributed by atoms with Crippen molar-refractivity contribution in [3.63, 3.8) is 0 Å². The van der Waals surface area contributed by atoms with Gasteiger partial charge in [0.1, 0.15) is 11.6 Å². The van der Waals surface area contributed by atoms with Gasteiger partial charge in [0.25, 0.3) is 0 Å². The molecular formula is C10H18N2O5. The number of aliphatic carboxylic acids is 1. The fraction of sp³-hybridized carbons (Fsp3) is 0.700. The number of carboxylic acid groups (broad SMARTS) is 1. The topological polar surface area (TPSA) is 119 Å². The molecule has 0 saturated heterocycles. The van der Waals surface area contributed by atoms with Crippen LogP contribution >= 0.6 is 0 Å². The second-order valence-electron chi connectivity index (χ2n) is 4.58. The highest BCUT2D eigenvalue weighted by molar-refractivity contribution is 5.90. The van der Waals surface area contributed by atoms with Crippen LogP contribution in [0, 0.1) is 0 Å². The van der Waals surface area contributed by atoms with E-state index in [1.807, 2.05) is 0 Å². The first kappa shape index (κ1) is 15.4. The third-order valence-corrected chi connectivity index (χ3v) is 1.66. The van der Waals surface area contributed by atoms with Gasteiger partial charge in [-0.15, -0.1) is 0 Å². The van der Waals surface area contributed by atoms with E-state index in [0.717, 1.165) is 6.92 Å². The second-order valence-corrected chi connectivity index (χ2v) is 4.58. The highest BCUT2D eigenvalue weighted by Gasteiger charge is 2.34. The molecule has 0 aromatic heterocycles. The number of amides is 1. The minimum Gasteiger partial charge on any atom is -0.480 e. The van der Waals surface area contributed by atoms with E-state index < -0.39 is 35.5 Å². The van der Waals surface area contributed by atoms with Crippen molar-refractivity contribution in [3.8, 4) is 0 Å². The molecule has 0 rings (SSSR count). The number of carbonyl (C=O) groups excluding carboxylic acids is 2. The van der Waals surface area contributed by atoms with Crippen LogP contribution in [0.2, 0.25) is 0 Å². The fourth-order valence-corrected chi connectivity index (χ4v) is 1.02. The van der Waals surface area contributed by atoms with Crippen LogP contribution in [-0.4, -0.2) is 40.6 Å². The van der Waals surface area contributed by atoms with Gasteiger partial charge in [0.2, 0.25) is 5.91 Å². The number of rotatable bonds is 4. The van der Waals surface area contributed by atoms with Gasteiger partial charge in [-0.2, -0.15) is 0 Å². The maximum absolute atomic E-state index is 11.7. The third-order valence-electron chi connectivity index (χ3n) is 1.66. The minimum atomic E-state index is -1.55. The van der Waals surface area contributed by atoms with Gasteiger partial charge < -0.3 is 20.9 Å². The quantitative estimate of drug-likeness (QED) is 0.561. The van der Waals surface area contributed by atoms with Crippen LogP contribution in [0.25, 0.3) is 0 Å². The standard InChI is InChI=1S/C10H18N2O5/c1-5(13)12-7(6(11)8(14)15)9(16)17-10(2,3)4/h6-7H,11H2,1-4H3,(H,12,13)(H,14,15). The van der Waals surface area contributed by atoms with Crippen molar-refractivity contribution < 1.29 is 24.2 Å². The molecule has 0 heterocycles. The summed E-state index contributed by atoms with van der Waals surface area (Å²) < 4.78 is 4.98. The molecule has 0 aromatic carbocycles. The fourth-order valence-electron chi connectivity index (χ4n) is 1.02. The summed E-state index contributed by atoms with van der Waals surface area (Å²) >= 11 is 0. The number of hydrogen-bond acceptors (Lipinski definition) is 5. The van der Waals surface area contributed by atoms with Crippen molar-refractivity contribution in [1.29, 1.82) is 0 Å². The molecule has 0 fully saturated rings. The number of carbonyl (C=O) groups is 3. The summed E-state index contributed by atoms with van der Waals surface area (Å²) in [6.07, 6.45) is 0. The highest BCUT2D eigenvalue weighted by atomic mass is 16.6. The van der Waals surface area contributed by atoms with Crippen LogP contribution in [0.4, 0.5) is 0 Å². The van der Waals surface area contributed by atoms with Crippen LogP contribution in [0.3, 0.4) is 0 Å². The Hall–Kier alpha value is -1.63. The van der Waals surface area contributed by atoms with Crippen molar-refractivity contribution in [1.82, 2.24) is 5.32 Å². The Kier molecular flexibility index (Phi) is 5.09. The molecule has 2 atom stereocenters. The minimum absolute atomic E-state index is 0.558. The van der Waals surface area contributed by atoms with Gasteiger partial charge >= 0.3 is 11.9 Å². The van der Waals surface area contributed by atoms with Crippen LogP contribution in [-0.2, 0) is 19.1 Å². The molecule has 17 heavy (non-hydrogen) atoms. The molecule has 7 heteroatoms. The highest BCUT2D eigenvalue weighted by Crippen LogP contribution is 2.09. The lowest BCUT2D eigenvalue weighted by atomic mass is 10.1. The normalized spacial score (nSPS) is 14.6. The van der Waals surface area contributed by atoms with Crippen molar-refractivity contribution in [2.24, 2.45) is 5.73 Å².